The third-order valence-electron chi connectivity index (χ3n) is 5.48. The summed E-state index contributed by atoms with van der Waals surface area (Å²) >= 11 is 0. The summed E-state index contributed by atoms with van der Waals surface area (Å²) < 4.78 is 5.71. The molecule has 2 aromatic carbocycles. The van der Waals surface area contributed by atoms with Crippen LogP contribution in [0.5, 0.6) is 5.75 Å². The van der Waals surface area contributed by atoms with Gasteiger partial charge in [-0.2, -0.15) is 0 Å². The maximum absolute atomic E-state index is 13.6. The number of likely N-dealkylation sites (tertiary alicyclic amines) is 1. The van der Waals surface area contributed by atoms with Crippen molar-refractivity contribution in [2.75, 3.05) is 24.6 Å². The maximum Gasteiger partial charge on any atom is 0.282 e. The Hall–Kier alpha value is -3.08. The molecule has 2 amide bonds. The number of benzene rings is 2. The van der Waals surface area contributed by atoms with Crippen molar-refractivity contribution >= 4 is 23.1 Å². The molecule has 1 saturated heterocycles. The standard InChI is InChI=1S/C24H26N2O3/c1-3-29-20-10-6-5-9-19(20)26-23(27)21(18-13-11-17(2)12-14-18)22(24(26)28)25-15-7-4-8-16-25/h5-6,9-14H,3-4,7-8,15-16H2,1-2H3. The third-order valence-corrected chi connectivity index (χ3v) is 5.48. The van der Waals surface area contributed by atoms with Crippen LogP contribution in [-0.2, 0) is 9.59 Å². The van der Waals surface area contributed by atoms with E-state index in [1.165, 1.54) is 4.90 Å². The third kappa shape index (κ3) is 3.53. The van der Waals surface area contributed by atoms with Gasteiger partial charge >= 0.3 is 0 Å². The monoisotopic (exact) mass is 390 g/mol. The first-order valence-corrected chi connectivity index (χ1v) is 10.3. The minimum Gasteiger partial charge on any atom is -0.492 e. The molecule has 0 radical (unpaired) electrons. The largest absolute Gasteiger partial charge is 0.492 e. The van der Waals surface area contributed by atoms with Crippen molar-refractivity contribution in [1.82, 2.24) is 4.90 Å². The molecule has 0 saturated carbocycles. The van der Waals surface area contributed by atoms with E-state index < -0.39 is 0 Å². The fourth-order valence-corrected chi connectivity index (χ4v) is 4.05. The zero-order chi connectivity index (χ0) is 20.4. The number of piperidine rings is 1. The van der Waals surface area contributed by atoms with Gasteiger partial charge in [-0.3, -0.25) is 9.59 Å². The van der Waals surface area contributed by atoms with Gasteiger partial charge in [0.05, 0.1) is 17.9 Å². The van der Waals surface area contributed by atoms with Crippen LogP contribution in [0.2, 0.25) is 0 Å². The van der Waals surface area contributed by atoms with E-state index in [4.69, 9.17) is 4.74 Å². The molecule has 0 bridgehead atoms. The zero-order valence-corrected chi connectivity index (χ0v) is 17.0. The Kier molecular flexibility index (Phi) is 5.38. The Balaban J connectivity index is 1.83. The summed E-state index contributed by atoms with van der Waals surface area (Å²) in [5.41, 5.74) is 3.41. The number of aryl methyl sites for hydroxylation is 1. The first-order chi connectivity index (χ1) is 14.1. The van der Waals surface area contributed by atoms with E-state index in [1.807, 2.05) is 50.2 Å². The molecule has 0 aliphatic carbocycles. The molecule has 0 spiro atoms. The predicted molar refractivity (Wildman–Crippen MR) is 114 cm³/mol. The van der Waals surface area contributed by atoms with Gasteiger partial charge in [0.15, 0.2) is 0 Å². The number of ether oxygens (including phenoxy) is 1. The Labute approximate surface area is 171 Å². The lowest BCUT2D eigenvalue weighted by Gasteiger charge is -2.29. The number of rotatable bonds is 5. The van der Waals surface area contributed by atoms with Crippen LogP contribution in [0.3, 0.4) is 0 Å². The van der Waals surface area contributed by atoms with Crippen LogP contribution in [0.25, 0.3) is 5.57 Å². The van der Waals surface area contributed by atoms with E-state index in [9.17, 15) is 9.59 Å². The van der Waals surface area contributed by atoms with Gasteiger partial charge in [-0.15, -0.1) is 0 Å². The number of carbonyl (C=O) groups excluding carboxylic acids is 2. The van der Waals surface area contributed by atoms with Crippen LogP contribution in [0.15, 0.2) is 54.2 Å². The molecule has 0 N–H and O–H groups in total. The molecule has 2 heterocycles. The second-order valence-electron chi connectivity index (χ2n) is 7.48. The Morgan fingerprint density at radius 1 is 0.897 bits per heavy atom. The minimum atomic E-state index is -0.286. The van der Waals surface area contributed by atoms with Gasteiger partial charge in [-0.05, 0) is 50.8 Å². The Morgan fingerprint density at radius 3 is 2.28 bits per heavy atom. The van der Waals surface area contributed by atoms with Crippen molar-refractivity contribution in [3.63, 3.8) is 0 Å². The van der Waals surface area contributed by atoms with Crippen LogP contribution in [0, 0.1) is 6.92 Å². The van der Waals surface area contributed by atoms with Gasteiger partial charge in [0.2, 0.25) is 0 Å². The van der Waals surface area contributed by atoms with Crippen molar-refractivity contribution in [2.45, 2.75) is 33.1 Å². The fourth-order valence-electron chi connectivity index (χ4n) is 4.05. The van der Waals surface area contributed by atoms with Crippen molar-refractivity contribution in [1.29, 1.82) is 0 Å². The lowest BCUT2D eigenvalue weighted by atomic mass is 10.0. The van der Waals surface area contributed by atoms with Gasteiger partial charge in [-0.25, -0.2) is 4.90 Å². The Bertz CT molecular complexity index is 956. The maximum atomic E-state index is 13.6. The van der Waals surface area contributed by atoms with Crippen LogP contribution >= 0.6 is 0 Å². The number of carbonyl (C=O) groups is 2. The summed E-state index contributed by atoms with van der Waals surface area (Å²) in [5, 5.41) is 0. The average molecular weight is 390 g/mol. The molecule has 0 unspecified atom stereocenters. The number of imide groups is 1. The molecule has 150 valence electrons. The molecule has 2 aliphatic heterocycles. The summed E-state index contributed by atoms with van der Waals surface area (Å²) in [6.45, 7) is 5.95. The van der Waals surface area contributed by atoms with Crippen molar-refractivity contribution in [2.24, 2.45) is 0 Å². The van der Waals surface area contributed by atoms with E-state index in [2.05, 4.69) is 4.90 Å². The van der Waals surface area contributed by atoms with E-state index in [1.54, 1.807) is 12.1 Å². The molecule has 0 aromatic heterocycles. The zero-order valence-electron chi connectivity index (χ0n) is 17.0. The van der Waals surface area contributed by atoms with Crippen molar-refractivity contribution < 1.29 is 14.3 Å². The lowest BCUT2D eigenvalue weighted by Crippen LogP contribution is -2.37. The number of hydrogen-bond acceptors (Lipinski definition) is 4. The van der Waals surface area contributed by atoms with Gasteiger partial charge in [-0.1, -0.05) is 42.0 Å². The molecule has 2 aliphatic rings. The molecular formula is C24H26N2O3. The van der Waals surface area contributed by atoms with E-state index >= 15 is 0 Å². The highest BCUT2D eigenvalue weighted by Crippen LogP contribution is 2.39. The first kappa shape index (κ1) is 19.2. The molecular weight excluding hydrogens is 364 g/mol. The predicted octanol–water partition coefficient (Wildman–Crippen LogP) is 4.16. The smallest absolute Gasteiger partial charge is 0.282 e. The van der Waals surface area contributed by atoms with Crippen LogP contribution in [0.4, 0.5) is 5.69 Å². The highest BCUT2D eigenvalue weighted by Gasteiger charge is 2.43. The number of anilines is 1. The summed E-state index contributed by atoms with van der Waals surface area (Å²) in [6, 6.07) is 15.0. The summed E-state index contributed by atoms with van der Waals surface area (Å²) in [4.78, 5) is 30.5. The number of hydrogen-bond donors (Lipinski definition) is 0. The molecule has 4 rings (SSSR count). The molecule has 1 fully saturated rings. The van der Waals surface area contributed by atoms with Crippen LogP contribution in [-0.4, -0.2) is 36.4 Å². The normalized spacial score (nSPS) is 17.3. The summed E-state index contributed by atoms with van der Waals surface area (Å²) in [6.07, 6.45) is 3.21. The second kappa shape index (κ2) is 8.11. The van der Waals surface area contributed by atoms with E-state index in [0.29, 0.717) is 29.3 Å². The number of para-hydroxylation sites is 2. The average Bonchev–Trinajstić information content (AvgIpc) is 3.00. The summed E-state index contributed by atoms with van der Waals surface area (Å²) in [5.74, 6) is -0.00828. The van der Waals surface area contributed by atoms with Crippen molar-refractivity contribution in [3.05, 3.63) is 65.4 Å². The van der Waals surface area contributed by atoms with Gasteiger partial charge in [0.25, 0.3) is 11.8 Å². The summed E-state index contributed by atoms with van der Waals surface area (Å²) in [7, 11) is 0. The molecule has 29 heavy (non-hydrogen) atoms. The van der Waals surface area contributed by atoms with Crippen molar-refractivity contribution in [3.8, 4) is 5.75 Å². The van der Waals surface area contributed by atoms with Gasteiger partial charge < -0.3 is 9.64 Å². The van der Waals surface area contributed by atoms with E-state index in [0.717, 1.165) is 43.5 Å². The molecule has 0 atom stereocenters. The second-order valence-corrected chi connectivity index (χ2v) is 7.48. The van der Waals surface area contributed by atoms with Crippen LogP contribution < -0.4 is 9.64 Å². The molecule has 5 nitrogen and oxygen atoms in total. The number of nitrogens with zero attached hydrogens (tertiary/aromatic N) is 2. The lowest BCUT2D eigenvalue weighted by molar-refractivity contribution is -0.120. The molecule has 5 heteroatoms. The SMILES string of the molecule is CCOc1ccccc1N1C(=O)C(c2ccc(C)cc2)=C(N2CCCCC2)C1=O. The molecule has 2 aromatic rings. The highest BCUT2D eigenvalue weighted by molar-refractivity contribution is 6.45. The Morgan fingerprint density at radius 2 is 1.59 bits per heavy atom. The van der Waals surface area contributed by atoms with Crippen LogP contribution in [0.1, 0.15) is 37.3 Å². The van der Waals surface area contributed by atoms with Gasteiger partial charge in [0, 0.05) is 13.1 Å². The van der Waals surface area contributed by atoms with Gasteiger partial charge in [0.1, 0.15) is 11.4 Å². The quantitative estimate of drug-likeness (QED) is 0.719. The highest BCUT2D eigenvalue weighted by atomic mass is 16.5. The van der Waals surface area contributed by atoms with E-state index in [-0.39, 0.29) is 11.8 Å². The number of amides is 2. The topological polar surface area (TPSA) is 49.9 Å². The first-order valence-electron chi connectivity index (χ1n) is 10.3. The minimum absolute atomic E-state index is 0.264. The fraction of sp³-hybridized carbons (Fsp3) is 0.333.